The first-order valence-electron chi connectivity index (χ1n) is 9.63. The van der Waals surface area contributed by atoms with E-state index < -0.39 is 0 Å². The molecule has 5 heteroatoms. The van der Waals surface area contributed by atoms with Gasteiger partial charge in [0.1, 0.15) is 0 Å². The van der Waals surface area contributed by atoms with Crippen molar-refractivity contribution < 1.29 is 0 Å². The lowest BCUT2D eigenvalue weighted by Gasteiger charge is -2.22. The van der Waals surface area contributed by atoms with Crippen molar-refractivity contribution in [2.45, 2.75) is 39.8 Å². The molecule has 2 aromatic rings. The lowest BCUT2D eigenvalue weighted by atomic mass is 9.97. The topological polar surface area (TPSA) is 45.5 Å². The Kier molecular flexibility index (Phi) is 6.31. The third kappa shape index (κ3) is 5.10. The zero-order chi connectivity index (χ0) is 18.4. The van der Waals surface area contributed by atoms with E-state index in [1.807, 2.05) is 25.8 Å². The van der Waals surface area contributed by atoms with Crippen LogP contribution in [0.3, 0.4) is 0 Å². The minimum absolute atomic E-state index is 0.774. The molecule has 0 aliphatic carbocycles. The van der Waals surface area contributed by atoms with Crippen LogP contribution < -0.4 is 5.32 Å². The number of imidazole rings is 1. The number of nitrogens with one attached hydrogen (secondary N) is 1. The maximum absolute atomic E-state index is 4.49. The van der Waals surface area contributed by atoms with Gasteiger partial charge >= 0.3 is 0 Å². The Bertz CT molecular complexity index is 688. The van der Waals surface area contributed by atoms with Crippen LogP contribution >= 0.6 is 0 Å². The molecule has 1 N–H and O–H groups in total. The Morgan fingerprint density at radius 1 is 1.27 bits per heavy atom. The molecule has 1 atom stereocenters. The Balaban J connectivity index is 1.49. The highest BCUT2D eigenvalue weighted by atomic mass is 15.3. The summed E-state index contributed by atoms with van der Waals surface area (Å²) < 4.78 is 2.08. The van der Waals surface area contributed by atoms with Crippen molar-refractivity contribution in [1.29, 1.82) is 0 Å². The van der Waals surface area contributed by atoms with Crippen LogP contribution in [0.5, 0.6) is 0 Å². The second kappa shape index (κ2) is 8.88. The predicted octanol–water partition coefficient (Wildman–Crippen LogP) is 3.37. The van der Waals surface area contributed by atoms with Crippen molar-refractivity contribution in [2.24, 2.45) is 16.8 Å². The number of hydrogen-bond donors (Lipinski definition) is 1. The summed E-state index contributed by atoms with van der Waals surface area (Å²) >= 11 is 0. The van der Waals surface area contributed by atoms with Crippen LogP contribution in [0.2, 0.25) is 0 Å². The van der Waals surface area contributed by atoms with Crippen LogP contribution in [-0.4, -0.2) is 40.5 Å². The summed E-state index contributed by atoms with van der Waals surface area (Å²) in [6.07, 6.45) is 8.24. The molecular weight excluding hydrogens is 322 g/mol. The summed E-state index contributed by atoms with van der Waals surface area (Å²) in [5.74, 6) is 2.60. The quantitative estimate of drug-likeness (QED) is 0.640. The first kappa shape index (κ1) is 18.5. The molecule has 1 aliphatic rings. The summed E-state index contributed by atoms with van der Waals surface area (Å²) in [5, 5.41) is 3.53. The fourth-order valence-corrected chi connectivity index (χ4v) is 3.75. The fourth-order valence-electron chi connectivity index (χ4n) is 3.75. The van der Waals surface area contributed by atoms with E-state index in [4.69, 9.17) is 0 Å². The molecule has 1 aromatic heterocycles. The average Bonchev–Trinajstić information content (AvgIpc) is 3.29. The van der Waals surface area contributed by atoms with Crippen molar-refractivity contribution in [3.63, 3.8) is 0 Å². The molecule has 0 amide bonds. The van der Waals surface area contributed by atoms with Gasteiger partial charge in [-0.2, -0.15) is 0 Å². The Morgan fingerprint density at radius 3 is 2.69 bits per heavy atom. The molecule has 5 nitrogen and oxygen atoms in total. The second-order valence-corrected chi connectivity index (χ2v) is 7.68. The lowest BCUT2D eigenvalue weighted by molar-refractivity contribution is 0.403. The van der Waals surface area contributed by atoms with E-state index in [-0.39, 0.29) is 0 Å². The molecule has 1 aliphatic heterocycles. The monoisotopic (exact) mass is 353 g/mol. The molecule has 140 valence electrons. The molecule has 26 heavy (non-hydrogen) atoms. The molecule has 0 saturated carbocycles. The van der Waals surface area contributed by atoms with Gasteiger partial charge in [-0.3, -0.25) is 4.99 Å². The Labute approximate surface area is 157 Å². The smallest absolute Gasteiger partial charge is 0.193 e. The Morgan fingerprint density at radius 2 is 2.04 bits per heavy atom. The zero-order valence-corrected chi connectivity index (χ0v) is 16.2. The summed E-state index contributed by atoms with van der Waals surface area (Å²) in [6.45, 7) is 8.53. The van der Waals surface area contributed by atoms with Gasteiger partial charge in [-0.15, -0.1) is 0 Å². The summed E-state index contributed by atoms with van der Waals surface area (Å²) in [4.78, 5) is 11.0. The van der Waals surface area contributed by atoms with E-state index >= 15 is 0 Å². The van der Waals surface area contributed by atoms with E-state index in [1.165, 1.54) is 24.0 Å². The van der Waals surface area contributed by atoms with Gasteiger partial charge in [0.05, 0.1) is 6.33 Å². The molecule has 1 unspecified atom stereocenters. The maximum atomic E-state index is 4.49. The van der Waals surface area contributed by atoms with E-state index in [9.17, 15) is 0 Å². The normalized spacial score (nSPS) is 17.9. The minimum atomic E-state index is 0.774. The first-order chi connectivity index (χ1) is 12.6. The van der Waals surface area contributed by atoms with Gasteiger partial charge in [-0.1, -0.05) is 38.1 Å². The second-order valence-electron chi connectivity index (χ2n) is 7.68. The SMILES string of the molecule is CN=C(NCc1ccc(Cn2ccnc2)cc1)N1CCC(CC(C)C)C1. The van der Waals surface area contributed by atoms with Crippen molar-refractivity contribution in [3.8, 4) is 0 Å². The first-order valence-corrected chi connectivity index (χ1v) is 9.63. The number of guanidine groups is 1. The molecule has 0 radical (unpaired) electrons. The summed E-state index contributed by atoms with van der Waals surface area (Å²) in [6, 6.07) is 8.76. The van der Waals surface area contributed by atoms with Crippen molar-refractivity contribution in [3.05, 3.63) is 54.1 Å². The van der Waals surface area contributed by atoms with Crippen LogP contribution in [0.25, 0.3) is 0 Å². The number of benzene rings is 1. The van der Waals surface area contributed by atoms with E-state index in [2.05, 4.69) is 62.9 Å². The highest BCUT2D eigenvalue weighted by molar-refractivity contribution is 5.80. The van der Waals surface area contributed by atoms with Crippen LogP contribution in [0.1, 0.15) is 37.8 Å². The summed E-state index contributed by atoms with van der Waals surface area (Å²) in [7, 11) is 1.88. The van der Waals surface area contributed by atoms with Gasteiger partial charge < -0.3 is 14.8 Å². The van der Waals surface area contributed by atoms with Gasteiger partial charge in [0.15, 0.2) is 5.96 Å². The maximum Gasteiger partial charge on any atom is 0.193 e. The highest BCUT2D eigenvalue weighted by Crippen LogP contribution is 2.23. The van der Waals surface area contributed by atoms with Crippen molar-refractivity contribution in [2.75, 3.05) is 20.1 Å². The number of hydrogen-bond acceptors (Lipinski definition) is 2. The zero-order valence-electron chi connectivity index (χ0n) is 16.2. The van der Waals surface area contributed by atoms with Crippen LogP contribution in [0, 0.1) is 11.8 Å². The van der Waals surface area contributed by atoms with Crippen LogP contribution in [0.4, 0.5) is 0 Å². The van der Waals surface area contributed by atoms with Crippen LogP contribution in [0.15, 0.2) is 48.0 Å². The molecule has 3 rings (SSSR count). The number of likely N-dealkylation sites (tertiary alicyclic amines) is 1. The molecule has 1 saturated heterocycles. The number of rotatable bonds is 6. The predicted molar refractivity (Wildman–Crippen MR) is 107 cm³/mol. The largest absolute Gasteiger partial charge is 0.352 e. The molecule has 1 fully saturated rings. The molecule has 1 aromatic carbocycles. The fraction of sp³-hybridized carbons (Fsp3) is 0.524. The summed E-state index contributed by atoms with van der Waals surface area (Å²) in [5.41, 5.74) is 2.56. The number of aliphatic imine (C=N–C) groups is 1. The molecular formula is C21H31N5. The van der Waals surface area contributed by atoms with E-state index in [0.29, 0.717) is 0 Å². The Hall–Kier alpha value is -2.30. The average molecular weight is 354 g/mol. The van der Waals surface area contributed by atoms with Gasteiger partial charge in [0, 0.05) is 45.6 Å². The third-order valence-electron chi connectivity index (χ3n) is 5.00. The van der Waals surface area contributed by atoms with Gasteiger partial charge in [0.25, 0.3) is 0 Å². The third-order valence-corrected chi connectivity index (χ3v) is 5.00. The highest BCUT2D eigenvalue weighted by Gasteiger charge is 2.25. The van der Waals surface area contributed by atoms with Gasteiger partial charge in [-0.25, -0.2) is 4.98 Å². The molecule has 2 heterocycles. The van der Waals surface area contributed by atoms with Crippen molar-refractivity contribution in [1.82, 2.24) is 19.8 Å². The van der Waals surface area contributed by atoms with Gasteiger partial charge in [0.2, 0.25) is 0 Å². The van der Waals surface area contributed by atoms with E-state index in [1.54, 1.807) is 0 Å². The molecule has 0 spiro atoms. The molecule has 0 bridgehead atoms. The number of nitrogens with zero attached hydrogens (tertiary/aromatic N) is 4. The van der Waals surface area contributed by atoms with E-state index in [0.717, 1.165) is 44.0 Å². The standard InChI is InChI=1S/C21H31N5/c1-17(2)12-20-8-10-26(15-20)21(22-3)24-13-18-4-6-19(7-5-18)14-25-11-9-23-16-25/h4-7,9,11,16-17,20H,8,10,12-15H2,1-3H3,(H,22,24). The number of aromatic nitrogens is 2. The van der Waals surface area contributed by atoms with Crippen LogP contribution in [-0.2, 0) is 13.1 Å². The minimum Gasteiger partial charge on any atom is -0.352 e. The van der Waals surface area contributed by atoms with Crippen molar-refractivity contribution >= 4 is 5.96 Å². The van der Waals surface area contributed by atoms with Gasteiger partial charge in [-0.05, 0) is 35.8 Å². The lowest BCUT2D eigenvalue weighted by Crippen LogP contribution is -2.39.